The fourth-order valence-corrected chi connectivity index (χ4v) is 3.91. The number of nitrogens with zero attached hydrogens (tertiary/aromatic N) is 5. The zero-order valence-corrected chi connectivity index (χ0v) is 17.7. The summed E-state index contributed by atoms with van der Waals surface area (Å²) < 4.78 is 11.6. The predicted molar refractivity (Wildman–Crippen MR) is 119 cm³/mol. The second-order valence-electron chi connectivity index (χ2n) is 7.58. The molecular formula is C23H21N5O3. The average molecular weight is 415 g/mol. The van der Waals surface area contributed by atoms with Crippen molar-refractivity contribution in [2.75, 3.05) is 7.11 Å². The van der Waals surface area contributed by atoms with Gasteiger partial charge in [-0.2, -0.15) is 4.98 Å². The van der Waals surface area contributed by atoms with E-state index in [1.165, 1.54) is 11.6 Å². The molecule has 0 N–H and O–H groups in total. The molecule has 5 aromatic rings. The number of methoxy groups -OCH3 is 1. The van der Waals surface area contributed by atoms with E-state index in [2.05, 4.69) is 0 Å². The molecule has 31 heavy (non-hydrogen) atoms. The summed E-state index contributed by atoms with van der Waals surface area (Å²) in [5, 5.41) is 0. The minimum absolute atomic E-state index is 0.348. The number of ether oxygens (including phenoxy) is 1. The topological polar surface area (TPSA) is 75.5 Å². The minimum atomic E-state index is -0.409. The minimum Gasteiger partial charge on any atom is -0.497 e. The standard InChI is InChI=1S/C23H21N5O3/c1-14-8-10-16(11-9-14)28-18(15-6-5-7-17(12-15)31-4)13-27-19-20(24-22(27)28)25(2)23(30)26(3)21(19)29/h5-13H,1-4H3. The van der Waals surface area contributed by atoms with E-state index in [0.717, 1.165) is 32.8 Å². The Morgan fingerprint density at radius 1 is 0.968 bits per heavy atom. The third-order valence-corrected chi connectivity index (χ3v) is 5.62. The van der Waals surface area contributed by atoms with Crippen molar-refractivity contribution in [2.24, 2.45) is 14.1 Å². The molecule has 0 saturated heterocycles. The molecule has 0 amide bonds. The van der Waals surface area contributed by atoms with E-state index in [4.69, 9.17) is 9.72 Å². The van der Waals surface area contributed by atoms with Gasteiger partial charge in [-0.3, -0.25) is 22.9 Å². The van der Waals surface area contributed by atoms with Gasteiger partial charge in [0.05, 0.1) is 12.8 Å². The van der Waals surface area contributed by atoms with Crippen molar-refractivity contribution in [3.8, 4) is 22.7 Å². The maximum Gasteiger partial charge on any atom is 0.332 e. The summed E-state index contributed by atoms with van der Waals surface area (Å²) in [5.41, 5.74) is 3.71. The van der Waals surface area contributed by atoms with Crippen molar-refractivity contribution < 1.29 is 4.74 Å². The summed E-state index contributed by atoms with van der Waals surface area (Å²) in [6, 6.07) is 15.8. The number of benzene rings is 2. The van der Waals surface area contributed by atoms with Crippen LogP contribution in [0.2, 0.25) is 0 Å². The first-order chi connectivity index (χ1) is 14.9. The van der Waals surface area contributed by atoms with Crippen LogP contribution in [0, 0.1) is 6.92 Å². The molecule has 3 aromatic heterocycles. The van der Waals surface area contributed by atoms with Crippen LogP contribution < -0.4 is 16.0 Å². The van der Waals surface area contributed by atoms with Gasteiger partial charge in [-0.1, -0.05) is 29.8 Å². The lowest BCUT2D eigenvalue weighted by atomic mass is 10.1. The summed E-state index contributed by atoms with van der Waals surface area (Å²) in [7, 11) is 4.72. The molecule has 0 radical (unpaired) electrons. The zero-order valence-electron chi connectivity index (χ0n) is 17.7. The summed E-state index contributed by atoms with van der Waals surface area (Å²) in [4.78, 5) is 30.1. The second kappa shape index (κ2) is 6.73. The molecular weight excluding hydrogens is 394 g/mol. The number of hydrogen-bond acceptors (Lipinski definition) is 4. The normalized spacial score (nSPS) is 11.5. The van der Waals surface area contributed by atoms with Gasteiger partial charge in [0.15, 0.2) is 11.2 Å². The molecule has 156 valence electrons. The van der Waals surface area contributed by atoms with E-state index in [-0.39, 0.29) is 5.56 Å². The van der Waals surface area contributed by atoms with Crippen molar-refractivity contribution >= 4 is 16.9 Å². The Hall–Kier alpha value is -4.07. The maximum atomic E-state index is 13.0. The molecule has 0 spiro atoms. The Morgan fingerprint density at radius 2 is 1.71 bits per heavy atom. The maximum absolute atomic E-state index is 13.0. The lowest BCUT2D eigenvalue weighted by molar-refractivity contribution is 0.415. The van der Waals surface area contributed by atoms with Crippen LogP contribution in [0.15, 0.2) is 64.3 Å². The van der Waals surface area contributed by atoms with Crippen LogP contribution in [-0.2, 0) is 14.1 Å². The van der Waals surface area contributed by atoms with Gasteiger partial charge < -0.3 is 4.74 Å². The van der Waals surface area contributed by atoms with Gasteiger partial charge in [-0.25, -0.2) is 4.79 Å². The van der Waals surface area contributed by atoms with E-state index >= 15 is 0 Å². The Labute approximate surface area is 177 Å². The Bertz CT molecular complexity index is 1580. The summed E-state index contributed by atoms with van der Waals surface area (Å²) in [5.74, 6) is 1.28. The molecule has 0 fully saturated rings. The molecule has 0 saturated carbocycles. The van der Waals surface area contributed by atoms with Gasteiger partial charge in [0.1, 0.15) is 5.75 Å². The fraction of sp³-hybridized carbons (Fsp3) is 0.174. The number of fused-ring (bicyclic) bond motifs is 3. The van der Waals surface area contributed by atoms with Crippen LogP contribution >= 0.6 is 0 Å². The number of aromatic nitrogens is 5. The number of hydrogen-bond donors (Lipinski definition) is 0. The molecule has 0 aliphatic heterocycles. The lowest BCUT2D eigenvalue weighted by Crippen LogP contribution is -2.37. The van der Waals surface area contributed by atoms with Gasteiger partial charge >= 0.3 is 5.69 Å². The molecule has 5 rings (SSSR count). The molecule has 0 unspecified atom stereocenters. The molecule has 8 heteroatoms. The highest BCUT2D eigenvalue weighted by Gasteiger charge is 2.21. The Morgan fingerprint density at radius 3 is 2.42 bits per heavy atom. The van der Waals surface area contributed by atoms with Gasteiger partial charge in [-0.15, -0.1) is 0 Å². The first-order valence-electron chi connectivity index (χ1n) is 9.81. The zero-order chi connectivity index (χ0) is 21.9. The van der Waals surface area contributed by atoms with Gasteiger partial charge in [0.25, 0.3) is 5.56 Å². The first-order valence-corrected chi connectivity index (χ1v) is 9.81. The van der Waals surface area contributed by atoms with Crippen LogP contribution in [0.25, 0.3) is 33.9 Å². The van der Waals surface area contributed by atoms with Crippen molar-refractivity contribution in [3.63, 3.8) is 0 Å². The highest BCUT2D eigenvalue weighted by Crippen LogP contribution is 2.30. The first kappa shape index (κ1) is 18.9. The number of aryl methyl sites for hydroxylation is 2. The third kappa shape index (κ3) is 2.72. The molecule has 0 atom stereocenters. The molecule has 2 aromatic carbocycles. The molecule has 0 aliphatic carbocycles. The number of rotatable bonds is 3. The second-order valence-corrected chi connectivity index (χ2v) is 7.58. The van der Waals surface area contributed by atoms with Crippen LogP contribution in [0.5, 0.6) is 5.75 Å². The predicted octanol–water partition coefficient (Wildman–Crippen LogP) is 2.66. The SMILES string of the molecule is COc1cccc(-c2cn3c4c(=O)n(C)c(=O)n(C)c4nc3n2-c2ccc(C)cc2)c1. The molecule has 0 aliphatic rings. The van der Waals surface area contributed by atoms with Gasteiger partial charge in [0.2, 0.25) is 5.78 Å². The van der Waals surface area contributed by atoms with Crippen LogP contribution in [-0.4, -0.2) is 30.2 Å². The van der Waals surface area contributed by atoms with E-state index in [9.17, 15) is 9.59 Å². The molecule has 0 bridgehead atoms. The van der Waals surface area contributed by atoms with Crippen molar-refractivity contribution in [1.29, 1.82) is 0 Å². The highest BCUT2D eigenvalue weighted by atomic mass is 16.5. The largest absolute Gasteiger partial charge is 0.497 e. The Balaban J connectivity index is 1.95. The van der Waals surface area contributed by atoms with Crippen molar-refractivity contribution in [2.45, 2.75) is 6.92 Å². The van der Waals surface area contributed by atoms with Crippen LogP contribution in [0.4, 0.5) is 0 Å². The lowest BCUT2D eigenvalue weighted by Gasteiger charge is -2.10. The summed E-state index contributed by atoms with van der Waals surface area (Å²) >= 11 is 0. The van der Waals surface area contributed by atoms with Gasteiger partial charge in [0, 0.05) is 31.5 Å². The summed E-state index contributed by atoms with van der Waals surface area (Å²) in [6.45, 7) is 2.03. The Kier molecular flexibility index (Phi) is 4.11. The third-order valence-electron chi connectivity index (χ3n) is 5.62. The summed E-state index contributed by atoms with van der Waals surface area (Å²) in [6.07, 6.45) is 1.88. The van der Waals surface area contributed by atoms with Crippen molar-refractivity contribution in [1.82, 2.24) is 23.1 Å². The van der Waals surface area contributed by atoms with E-state index in [1.807, 2.05) is 66.2 Å². The smallest absolute Gasteiger partial charge is 0.332 e. The van der Waals surface area contributed by atoms with Crippen LogP contribution in [0.1, 0.15) is 5.56 Å². The molecule has 8 nitrogen and oxygen atoms in total. The monoisotopic (exact) mass is 415 g/mol. The van der Waals surface area contributed by atoms with Gasteiger partial charge in [-0.05, 0) is 31.2 Å². The van der Waals surface area contributed by atoms with Crippen LogP contribution in [0.3, 0.4) is 0 Å². The van der Waals surface area contributed by atoms with E-state index < -0.39 is 5.69 Å². The molecule has 3 heterocycles. The average Bonchev–Trinajstić information content (AvgIpc) is 3.33. The van der Waals surface area contributed by atoms with Crippen molar-refractivity contribution in [3.05, 3.63) is 81.1 Å². The van der Waals surface area contributed by atoms with E-state index in [0.29, 0.717) is 16.9 Å². The van der Waals surface area contributed by atoms with E-state index in [1.54, 1.807) is 18.6 Å². The quantitative estimate of drug-likeness (QED) is 0.454. The highest BCUT2D eigenvalue weighted by molar-refractivity contribution is 5.79. The fourth-order valence-electron chi connectivity index (χ4n) is 3.91. The number of imidazole rings is 2.